The molecule has 0 saturated heterocycles. The van der Waals surface area contributed by atoms with Crippen LogP contribution in [0, 0.1) is 0 Å². The zero-order chi connectivity index (χ0) is 15.5. The number of hydrogen-bond acceptors (Lipinski definition) is 4. The van der Waals surface area contributed by atoms with Crippen LogP contribution in [0.5, 0.6) is 0 Å². The van der Waals surface area contributed by atoms with Gasteiger partial charge in [0.05, 0.1) is 5.52 Å². The molecule has 2 heterocycles. The zero-order valence-electron chi connectivity index (χ0n) is 11.7. The molecule has 0 fully saturated rings. The number of amides is 1. The molecular formula is C15H12ClN5O. The molecule has 0 aliphatic rings. The van der Waals surface area contributed by atoms with E-state index in [4.69, 9.17) is 11.6 Å². The number of nitrogens with zero attached hydrogens (tertiary/aromatic N) is 3. The van der Waals surface area contributed by atoms with Gasteiger partial charge in [-0.05, 0) is 43.3 Å². The molecule has 6 nitrogen and oxygen atoms in total. The summed E-state index contributed by atoms with van der Waals surface area (Å²) in [6.07, 6.45) is 1.67. The molecule has 110 valence electrons. The fourth-order valence-electron chi connectivity index (χ4n) is 1.87. The molecule has 1 aromatic carbocycles. The van der Waals surface area contributed by atoms with Crippen LogP contribution in [0.25, 0.3) is 11.2 Å². The van der Waals surface area contributed by atoms with Gasteiger partial charge in [0.15, 0.2) is 11.5 Å². The molecule has 1 amide bonds. The average Bonchev–Trinajstić information content (AvgIpc) is 2.97. The van der Waals surface area contributed by atoms with Crippen LogP contribution >= 0.6 is 11.6 Å². The first-order valence-electron chi connectivity index (χ1n) is 6.55. The Morgan fingerprint density at radius 3 is 2.77 bits per heavy atom. The summed E-state index contributed by atoms with van der Waals surface area (Å²) >= 11 is 5.79. The topological polar surface area (TPSA) is 83.0 Å². The van der Waals surface area contributed by atoms with Gasteiger partial charge in [-0.15, -0.1) is 0 Å². The number of hydrazone groups is 1. The number of rotatable bonds is 3. The van der Waals surface area contributed by atoms with Crippen LogP contribution in [0.1, 0.15) is 23.1 Å². The zero-order valence-corrected chi connectivity index (χ0v) is 12.4. The summed E-state index contributed by atoms with van der Waals surface area (Å²) in [7, 11) is 0. The van der Waals surface area contributed by atoms with Crippen molar-refractivity contribution in [3.63, 3.8) is 0 Å². The second-order valence-corrected chi connectivity index (χ2v) is 5.04. The molecule has 2 aromatic heterocycles. The van der Waals surface area contributed by atoms with Crippen LogP contribution in [0.2, 0.25) is 5.02 Å². The van der Waals surface area contributed by atoms with Crippen LogP contribution in [-0.2, 0) is 0 Å². The molecule has 0 unspecified atom stereocenters. The predicted molar refractivity (Wildman–Crippen MR) is 85.0 cm³/mol. The number of nitrogens with one attached hydrogen (secondary N) is 2. The Kier molecular flexibility index (Phi) is 3.84. The number of carbonyl (C=O) groups is 1. The fourth-order valence-corrected chi connectivity index (χ4v) is 2.00. The van der Waals surface area contributed by atoms with Crippen molar-refractivity contribution in [1.82, 2.24) is 20.4 Å². The lowest BCUT2D eigenvalue weighted by Gasteiger charge is -2.01. The van der Waals surface area contributed by atoms with Gasteiger partial charge < -0.3 is 4.98 Å². The minimum absolute atomic E-state index is 0.315. The summed E-state index contributed by atoms with van der Waals surface area (Å²) in [5, 5.41) is 4.63. The van der Waals surface area contributed by atoms with E-state index >= 15 is 0 Å². The molecule has 0 atom stereocenters. The molecule has 0 radical (unpaired) electrons. The van der Waals surface area contributed by atoms with Crippen molar-refractivity contribution in [3.05, 3.63) is 59.0 Å². The highest BCUT2D eigenvalue weighted by Crippen LogP contribution is 2.10. The number of carbonyl (C=O) groups excluding carboxylic acids is 1. The number of aromatic nitrogens is 3. The highest BCUT2D eigenvalue weighted by molar-refractivity contribution is 6.30. The molecule has 0 aliphatic heterocycles. The van der Waals surface area contributed by atoms with Crippen molar-refractivity contribution < 1.29 is 4.79 Å². The lowest BCUT2D eigenvalue weighted by molar-refractivity contribution is 0.0955. The van der Waals surface area contributed by atoms with Crippen LogP contribution in [-0.4, -0.2) is 26.6 Å². The Hall–Kier alpha value is -2.73. The largest absolute Gasteiger partial charge is 0.336 e. The van der Waals surface area contributed by atoms with E-state index in [0.29, 0.717) is 27.8 Å². The van der Waals surface area contributed by atoms with Crippen molar-refractivity contribution in [1.29, 1.82) is 0 Å². The standard InChI is InChI=1S/C15H12ClN5O/c1-9(13-18-12-3-2-8-17-14(12)19-13)20-21-15(22)10-4-6-11(16)7-5-10/h2-8H,1H3,(H,21,22)(H,17,18,19)/b20-9-. The van der Waals surface area contributed by atoms with E-state index in [1.54, 1.807) is 37.4 Å². The van der Waals surface area contributed by atoms with Gasteiger partial charge in [0, 0.05) is 16.8 Å². The van der Waals surface area contributed by atoms with Gasteiger partial charge in [-0.3, -0.25) is 4.79 Å². The smallest absolute Gasteiger partial charge is 0.271 e. The Bertz CT molecular complexity index is 821. The van der Waals surface area contributed by atoms with E-state index < -0.39 is 0 Å². The van der Waals surface area contributed by atoms with Gasteiger partial charge in [0.1, 0.15) is 5.71 Å². The maximum Gasteiger partial charge on any atom is 0.271 e. The predicted octanol–water partition coefficient (Wildman–Crippen LogP) is 2.77. The summed E-state index contributed by atoms with van der Waals surface area (Å²) in [5.41, 5.74) is 4.94. The van der Waals surface area contributed by atoms with Crippen molar-refractivity contribution in [2.24, 2.45) is 5.10 Å². The van der Waals surface area contributed by atoms with Gasteiger partial charge in [-0.1, -0.05) is 11.6 Å². The highest BCUT2D eigenvalue weighted by Gasteiger charge is 2.08. The number of pyridine rings is 1. The van der Waals surface area contributed by atoms with Crippen molar-refractivity contribution in [2.45, 2.75) is 6.92 Å². The number of halogens is 1. The third-order valence-corrected chi connectivity index (χ3v) is 3.28. The van der Waals surface area contributed by atoms with E-state index in [2.05, 4.69) is 25.5 Å². The van der Waals surface area contributed by atoms with E-state index in [9.17, 15) is 4.79 Å². The molecule has 3 rings (SSSR count). The summed E-state index contributed by atoms with van der Waals surface area (Å²) in [5.74, 6) is 0.246. The first-order valence-corrected chi connectivity index (χ1v) is 6.92. The monoisotopic (exact) mass is 313 g/mol. The molecular weight excluding hydrogens is 302 g/mol. The molecule has 0 bridgehead atoms. The van der Waals surface area contributed by atoms with Crippen LogP contribution in [0.15, 0.2) is 47.7 Å². The number of benzene rings is 1. The Morgan fingerprint density at radius 1 is 1.27 bits per heavy atom. The molecule has 2 N–H and O–H groups in total. The second kappa shape index (κ2) is 5.95. The van der Waals surface area contributed by atoms with Crippen LogP contribution in [0.3, 0.4) is 0 Å². The lowest BCUT2D eigenvalue weighted by atomic mass is 10.2. The molecule has 0 saturated carbocycles. The fraction of sp³-hybridized carbons (Fsp3) is 0.0667. The molecule has 0 spiro atoms. The van der Waals surface area contributed by atoms with Crippen LogP contribution < -0.4 is 5.43 Å². The van der Waals surface area contributed by atoms with E-state index in [-0.39, 0.29) is 5.91 Å². The number of hydrogen-bond donors (Lipinski definition) is 2. The first kappa shape index (κ1) is 14.2. The number of imidazole rings is 1. The SMILES string of the molecule is C/C(=N/NC(=O)c1ccc(Cl)cc1)c1nc2ncccc2[nH]1. The maximum atomic E-state index is 12.0. The summed E-state index contributed by atoms with van der Waals surface area (Å²) in [6.45, 7) is 1.75. The summed E-state index contributed by atoms with van der Waals surface area (Å²) in [6, 6.07) is 10.3. The number of H-pyrrole nitrogens is 1. The Morgan fingerprint density at radius 2 is 2.05 bits per heavy atom. The summed E-state index contributed by atoms with van der Waals surface area (Å²) in [4.78, 5) is 23.5. The lowest BCUT2D eigenvalue weighted by Crippen LogP contribution is -2.19. The number of aromatic amines is 1. The van der Waals surface area contributed by atoms with E-state index in [1.165, 1.54) is 0 Å². The van der Waals surface area contributed by atoms with E-state index in [0.717, 1.165) is 5.52 Å². The highest BCUT2D eigenvalue weighted by atomic mass is 35.5. The van der Waals surface area contributed by atoms with Gasteiger partial charge in [0.2, 0.25) is 0 Å². The first-order chi connectivity index (χ1) is 10.6. The molecule has 3 aromatic rings. The Balaban J connectivity index is 1.76. The Labute approximate surface area is 131 Å². The third-order valence-electron chi connectivity index (χ3n) is 3.03. The van der Waals surface area contributed by atoms with Crippen molar-refractivity contribution >= 4 is 34.4 Å². The quantitative estimate of drug-likeness (QED) is 0.576. The van der Waals surface area contributed by atoms with E-state index in [1.807, 2.05) is 12.1 Å². The van der Waals surface area contributed by atoms with Crippen molar-refractivity contribution in [2.75, 3.05) is 0 Å². The van der Waals surface area contributed by atoms with Gasteiger partial charge in [-0.2, -0.15) is 5.10 Å². The second-order valence-electron chi connectivity index (χ2n) is 4.61. The number of fused-ring (bicyclic) bond motifs is 1. The molecule has 0 aliphatic carbocycles. The van der Waals surface area contributed by atoms with Crippen LogP contribution in [0.4, 0.5) is 0 Å². The van der Waals surface area contributed by atoms with Gasteiger partial charge >= 0.3 is 0 Å². The maximum absolute atomic E-state index is 12.0. The molecule has 22 heavy (non-hydrogen) atoms. The average molecular weight is 314 g/mol. The third kappa shape index (κ3) is 2.96. The molecule has 7 heteroatoms. The normalized spacial score (nSPS) is 11.6. The minimum Gasteiger partial charge on any atom is -0.336 e. The van der Waals surface area contributed by atoms with Gasteiger partial charge in [-0.25, -0.2) is 15.4 Å². The summed E-state index contributed by atoms with van der Waals surface area (Å²) < 4.78 is 0. The van der Waals surface area contributed by atoms with Crippen molar-refractivity contribution in [3.8, 4) is 0 Å². The minimum atomic E-state index is -0.315. The van der Waals surface area contributed by atoms with Gasteiger partial charge in [0.25, 0.3) is 5.91 Å².